The van der Waals surface area contributed by atoms with Crippen molar-refractivity contribution in [2.24, 2.45) is 29.1 Å². The minimum absolute atomic E-state index is 0.00173. The zero-order valence-corrected chi connectivity index (χ0v) is 17.2. The van der Waals surface area contributed by atoms with Gasteiger partial charge in [-0.25, -0.2) is 0 Å². The van der Waals surface area contributed by atoms with Gasteiger partial charge in [0.15, 0.2) is 11.5 Å². The molecule has 2 N–H and O–H groups in total. The molecule has 5 aliphatic rings. The molecule has 0 spiro atoms. The van der Waals surface area contributed by atoms with Gasteiger partial charge in [-0.05, 0) is 74.3 Å². The van der Waals surface area contributed by atoms with Gasteiger partial charge in [0.1, 0.15) is 6.04 Å². The molecule has 1 heterocycles. The van der Waals surface area contributed by atoms with Gasteiger partial charge in [-0.3, -0.25) is 9.59 Å². The van der Waals surface area contributed by atoms with Crippen molar-refractivity contribution < 1.29 is 19.1 Å². The predicted octanol–water partition coefficient (Wildman–Crippen LogP) is 3.71. The molecule has 0 aromatic heterocycles. The standard InChI is InChI=1S/C23H30N2O4/c1-13(2)20(21(26)24-17-3-4-18-19(8-17)29-12-28-18)25-22(27)23-9-14-5-15(10-23)7-16(6-14)11-23/h3-4,8,13-16,20H,5-7,9-12H2,1-2H3,(H,24,26)(H,25,27). The van der Waals surface area contributed by atoms with Crippen molar-refractivity contribution in [3.8, 4) is 11.5 Å². The van der Waals surface area contributed by atoms with Crippen LogP contribution in [0.25, 0.3) is 0 Å². The van der Waals surface area contributed by atoms with Crippen LogP contribution in [0.5, 0.6) is 11.5 Å². The molecule has 4 fully saturated rings. The summed E-state index contributed by atoms with van der Waals surface area (Å²) in [7, 11) is 0. The molecule has 29 heavy (non-hydrogen) atoms. The van der Waals surface area contributed by atoms with Gasteiger partial charge in [0.25, 0.3) is 0 Å². The van der Waals surface area contributed by atoms with E-state index in [-0.39, 0.29) is 29.9 Å². The average molecular weight is 399 g/mol. The van der Waals surface area contributed by atoms with Crippen LogP contribution in [-0.4, -0.2) is 24.6 Å². The molecule has 2 amide bonds. The van der Waals surface area contributed by atoms with Crippen LogP contribution in [0.3, 0.4) is 0 Å². The van der Waals surface area contributed by atoms with Crippen LogP contribution in [0.1, 0.15) is 52.4 Å². The number of benzene rings is 1. The van der Waals surface area contributed by atoms with E-state index in [0.717, 1.165) is 19.3 Å². The Morgan fingerprint density at radius 2 is 1.62 bits per heavy atom. The molecule has 1 unspecified atom stereocenters. The van der Waals surface area contributed by atoms with Gasteiger partial charge in [-0.1, -0.05) is 13.8 Å². The number of carbonyl (C=O) groups excluding carboxylic acids is 2. The van der Waals surface area contributed by atoms with Crippen LogP contribution >= 0.6 is 0 Å². The molecule has 4 aliphatic carbocycles. The molecule has 4 bridgehead atoms. The number of nitrogens with one attached hydrogen (secondary N) is 2. The van der Waals surface area contributed by atoms with Crippen LogP contribution in [0.2, 0.25) is 0 Å². The Labute approximate surface area is 171 Å². The Balaban J connectivity index is 1.29. The molecule has 0 radical (unpaired) electrons. The van der Waals surface area contributed by atoms with Gasteiger partial charge in [-0.15, -0.1) is 0 Å². The fourth-order valence-electron chi connectivity index (χ4n) is 6.41. The lowest BCUT2D eigenvalue weighted by molar-refractivity contribution is -0.148. The monoisotopic (exact) mass is 398 g/mol. The molecule has 6 heteroatoms. The third-order valence-corrected chi connectivity index (χ3v) is 7.40. The highest BCUT2D eigenvalue weighted by Gasteiger charge is 2.55. The summed E-state index contributed by atoms with van der Waals surface area (Å²) in [5.41, 5.74) is 0.398. The van der Waals surface area contributed by atoms with Crippen molar-refractivity contribution in [1.82, 2.24) is 5.32 Å². The topological polar surface area (TPSA) is 76.7 Å². The highest BCUT2D eigenvalue weighted by Crippen LogP contribution is 2.60. The minimum Gasteiger partial charge on any atom is -0.454 e. The Bertz CT molecular complexity index is 799. The molecule has 1 aromatic rings. The maximum atomic E-state index is 13.4. The van der Waals surface area contributed by atoms with Crippen molar-refractivity contribution in [2.75, 3.05) is 12.1 Å². The molecule has 0 saturated heterocycles. The minimum atomic E-state index is -0.555. The summed E-state index contributed by atoms with van der Waals surface area (Å²) in [5.74, 6) is 3.32. The van der Waals surface area contributed by atoms with E-state index in [0.29, 0.717) is 34.9 Å². The fourth-order valence-corrected chi connectivity index (χ4v) is 6.41. The first-order valence-electron chi connectivity index (χ1n) is 10.9. The van der Waals surface area contributed by atoms with E-state index < -0.39 is 6.04 Å². The van der Waals surface area contributed by atoms with Gasteiger partial charge in [0, 0.05) is 17.2 Å². The van der Waals surface area contributed by atoms with Gasteiger partial charge < -0.3 is 20.1 Å². The Hall–Kier alpha value is -2.24. The SMILES string of the molecule is CC(C)C(NC(=O)C12CC3CC(CC(C3)C1)C2)C(=O)Nc1ccc2c(c1)OCO2. The molecule has 6 nitrogen and oxygen atoms in total. The zero-order valence-electron chi connectivity index (χ0n) is 17.2. The molecule has 1 aromatic carbocycles. The number of amides is 2. The van der Waals surface area contributed by atoms with Crippen LogP contribution in [0.4, 0.5) is 5.69 Å². The first-order chi connectivity index (χ1) is 13.9. The first-order valence-corrected chi connectivity index (χ1v) is 10.9. The number of fused-ring (bicyclic) bond motifs is 1. The lowest BCUT2D eigenvalue weighted by Gasteiger charge is -2.55. The van der Waals surface area contributed by atoms with Crippen molar-refractivity contribution in [3.63, 3.8) is 0 Å². The van der Waals surface area contributed by atoms with Crippen LogP contribution < -0.4 is 20.1 Å². The number of hydrogen-bond donors (Lipinski definition) is 2. The second kappa shape index (κ2) is 6.92. The van der Waals surface area contributed by atoms with E-state index in [1.54, 1.807) is 18.2 Å². The predicted molar refractivity (Wildman–Crippen MR) is 109 cm³/mol. The average Bonchev–Trinajstić information content (AvgIpc) is 3.12. The molecule has 156 valence electrons. The molecule has 1 aliphatic heterocycles. The second-order valence-electron chi connectivity index (χ2n) is 9.95. The van der Waals surface area contributed by atoms with Crippen molar-refractivity contribution in [2.45, 2.75) is 58.4 Å². The lowest BCUT2D eigenvalue weighted by Crippen LogP contribution is -2.57. The Morgan fingerprint density at radius 3 is 2.24 bits per heavy atom. The van der Waals surface area contributed by atoms with E-state index in [1.807, 2.05) is 13.8 Å². The molecule has 1 atom stereocenters. The summed E-state index contributed by atoms with van der Waals surface area (Å²) in [4.78, 5) is 26.4. The fraction of sp³-hybridized carbons (Fsp3) is 0.652. The molecule has 6 rings (SSSR count). The summed E-state index contributed by atoms with van der Waals surface area (Å²) < 4.78 is 10.7. The summed E-state index contributed by atoms with van der Waals surface area (Å²) in [6, 6.07) is 4.79. The van der Waals surface area contributed by atoms with Crippen LogP contribution in [-0.2, 0) is 9.59 Å². The summed E-state index contributed by atoms with van der Waals surface area (Å²) >= 11 is 0. The highest BCUT2D eigenvalue weighted by atomic mass is 16.7. The third kappa shape index (κ3) is 3.36. The van der Waals surface area contributed by atoms with Crippen LogP contribution in [0.15, 0.2) is 18.2 Å². The van der Waals surface area contributed by atoms with E-state index in [1.165, 1.54) is 19.3 Å². The zero-order chi connectivity index (χ0) is 20.2. The number of ether oxygens (including phenoxy) is 2. The highest BCUT2D eigenvalue weighted by molar-refractivity contribution is 5.98. The molecular formula is C23H30N2O4. The lowest BCUT2D eigenvalue weighted by atomic mass is 9.49. The molecular weight excluding hydrogens is 368 g/mol. The number of anilines is 1. The number of carbonyl (C=O) groups is 2. The maximum Gasteiger partial charge on any atom is 0.247 e. The molecule has 4 saturated carbocycles. The van der Waals surface area contributed by atoms with Gasteiger partial charge in [0.05, 0.1) is 0 Å². The summed E-state index contributed by atoms with van der Waals surface area (Å²) in [5, 5.41) is 6.08. The largest absolute Gasteiger partial charge is 0.454 e. The van der Waals surface area contributed by atoms with Crippen molar-refractivity contribution in [1.29, 1.82) is 0 Å². The Kier molecular flexibility index (Phi) is 4.48. The van der Waals surface area contributed by atoms with E-state index in [9.17, 15) is 9.59 Å². The van der Waals surface area contributed by atoms with Gasteiger partial charge >= 0.3 is 0 Å². The van der Waals surface area contributed by atoms with Crippen molar-refractivity contribution in [3.05, 3.63) is 18.2 Å². The Morgan fingerprint density at radius 1 is 1.00 bits per heavy atom. The summed E-state index contributed by atoms with van der Waals surface area (Å²) in [6.07, 6.45) is 6.89. The summed E-state index contributed by atoms with van der Waals surface area (Å²) in [6.45, 7) is 4.15. The van der Waals surface area contributed by atoms with Crippen molar-refractivity contribution >= 4 is 17.5 Å². The maximum absolute atomic E-state index is 13.4. The van der Waals surface area contributed by atoms with Gasteiger partial charge in [0.2, 0.25) is 18.6 Å². The van der Waals surface area contributed by atoms with E-state index in [2.05, 4.69) is 10.6 Å². The quantitative estimate of drug-likeness (QED) is 0.793. The smallest absolute Gasteiger partial charge is 0.247 e. The second-order valence-corrected chi connectivity index (χ2v) is 9.95. The number of hydrogen-bond acceptors (Lipinski definition) is 4. The first kappa shape index (κ1) is 18.8. The van der Waals surface area contributed by atoms with Gasteiger partial charge in [-0.2, -0.15) is 0 Å². The van der Waals surface area contributed by atoms with E-state index >= 15 is 0 Å². The third-order valence-electron chi connectivity index (χ3n) is 7.40. The normalized spacial score (nSPS) is 32.3. The number of rotatable bonds is 5. The van der Waals surface area contributed by atoms with Crippen LogP contribution in [0, 0.1) is 29.1 Å². The van der Waals surface area contributed by atoms with E-state index in [4.69, 9.17) is 9.47 Å².